The van der Waals surface area contributed by atoms with Gasteiger partial charge in [0.2, 0.25) is 0 Å². The van der Waals surface area contributed by atoms with Gasteiger partial charge in [-0.2, -0.15) is 0 Å². The number of hydrogen-bond donors (Lipinski definition) is 2. The fraction of sp³-hybridized carbons (Fsp3) is 0.923. The van der Waals surface area contributed by atoms with E-state index >= 15 is 0 Å². The molecular formula is C13H30N2O3SSi. The highest BCUT2D eigenvalue weighted by Crippen LogP contribution is 2.17. The lowest BCUT2D eigenvalue weighted by Gasteiger charge is -2.28. The highest BCUT2D eigenvalue weighted by molar-refractivity contribution is 7.80. The average Bonchev–Trinajstić information content (AvgIpc) is 2.42. The molecule has 0 aromatic carbocycles. The maximum Gasteiger partial charge on any atom is 0.500 e. The van der Waals surface area contributed by atoms with Crippen LogP contribution in [0.5, 0.6) is 0 Å². The lowest BCUT2D eigenvalue weighted by molar-refractivity contribution is 0.0709. The fourth-order valence-corrected chi connectivity index (χ4v) is 4.63. The minimum Gasteiger partial charge on any atom is -0.374 e. The molecule has 0 rings (SSSR count). The van der Waals surface area contributed by atoms with Crippen molar-refractivity contribution in [3.05, 3.63) is 0 Å². The van der Waals surface area contributed by atoms with Gasteiger partial charge in [0, 0.05) is 39.0 Å². The summed E-state index contributed by atoms with van der Waals surface area (Å²) in [5.74, 6) is 0. The largest absolute Gasteiger partial charge is 0.500 e. The zero-order chi connectivity index (χ0) is 15.3. The molecule has 7 heteroatoms. The third kappa shape index (κ3) is 8.86. The molecule has 0 aliphatic carbocycles. The van der Waals surface area contributed by atoms with Crippen molar-refractivity contribution >= 4 is 26.1 Å². The second kappa shape index (κ2) is 12.5. The Morgan fingerprint density at radius 2 is 1.40 bits per heavy atom. The van der Waals surface area contributed by atoms with E-state index in [1.54, 1.807) is 0 Å². The van der Waals surface area contributed by atoms with Crippen molar-refractivity contribution in [2.45, 2.75) is 46.6 Å². The van der Waals surface area contributed by atoms with E-state index in [-0.39, 0.29) is 0 Å². The van der Waals surface area contributed by atoms with Crippen molar-refractivity contribution in [1.82, 2.24) is 10.6 Å². The van der Waals surface area contributed by atoms with Gasteiger partial charge in [-0.15, -0.1) is 0 Å². The van der Waals surface area contributed by atoms with Crippen molar-refractivity contribution in [2.75, 3.05) is 32.9 Å². The van der Waals surface area contributed by atoms with Gasteiger partial charge in [0.15, 0.2) is 5.11 Å². The Labute approximate surface area is 130 Å². The normalized spacial score (nSPS) is 11.4. The van der Waals surface area contributed by atoms with Crippen LogP contribution in [0.15, 0.2) is 0 Å². The van der Waals surface area contributed by atoms with Crippen LogP contribution in [0, 0.1) is 0 Å². The molecule has 0 spiro atoms. The van der Waals surface area contributed by atoms with Crippen molar-refractivity contribution in [3.8, 4) is 0 Å². The molecule has 5 nitrogen and oxygen atoms in total. The van der Waals surface area contributed by atoms with Crippen LogP contribution >= 0.6 is 12.2 Å². The Balaban J connectivity index is 4.08. The maximum atomic E-state index is 5.80. The average molecular weight is 323 g/mol. The molecule has 0 aliphatic rings. The van der Waals surface area contributed by atoms with Crippen molar-refractivity contribution in [2.24, 2.45) is 0 Å². The standard InChI is InChI=1S/C13H30N2O3SSi/c1-5-10-14-13(19)15-11-9-12-20(16-6-2,17-7-3)18-8-4/h5-12H2,1-4H3,(H2,14,15,19). The Bertz CT molecular complexity index is 241. The zero-order valence-electron chi connectivity index (χ0n) is 13.3. The highest BCUT2D eigenvalue weighted by atomic mass is 32.1. The molecule has 0 aromatic rings. The van der Waals surface area contributed by atoms with Gasteiger partial charge in [-0.25, -0.2) is 0 Å². The molecule has 0 atom stereocenters. The van der Waals surface area contributed by atoms with Crippen LogP contribution in [-0.2, 0) is 13.3 Å². The predicted molar refractivity (Wildman–Crippen MR) is 89.0 cm³/mol. The van der Waals surface area contributed by atoms with Crippen LogP contribution in [0.3, 0.4) is 0 Å². The first-order valence-electron chi connectivity index (χ1n) is 7.57. The van der Waals surface area contributed by atoms with Gasteiger partial charge in [0.1, 0.15) is 0 Å². The van der Waals surface area contributed by atoms with Gasteiger partial charge in [-0.05, 0) is 45.8 Å². The second-order valence-electron chi connectivity index (χ2n) is 4.27. The topological polar surface area (TPSA) is 51.8 Å². The first kappa shape index (κ1) is 19.8. The third-order valence-electron chi connectivity index (χ3n) is 2.57. The molecule has 0 aromatic heterocycles. The molecule has 20 heavy (non-hydrogen) atoms. The van der Waals surface area contributed by atoms with Crippen LogP contribution in [0.2, 0.25) is 6.04 Å². The Morgan fingerprint density at radius 1 is 0.900 bits per heavy atom. The van der Waals surface area contributed by atoms with Crippen LogP contribution < -0.4 is 10.6 Å². The number of rotatable bonds is 12. The smallest absolute Gasteiger partial charge is 0.374 e. The van der Waals surface area contributed by atoms with Gasteiger partial charge in [0.25, 0.3) is 0 Å². The molecule has 120 valence electrons. The molecular weight excluding hydrogens is 292 g/mol. The summed E-state index contributed by atoms with van der Waals surface area (Å²) in [5, 5.41) is 7.05. The summed E-state index contributed by atoms with van der Waals surface area (Å²) in [6, 6.07) is 0.811. The Morgan fingerprint density at radius 3 is 1.85 bits per heavy atom. The number of nitrogens with one attached hydrogen (secondary N) is 2. The van der Waals surface area contributed by atoms with E-state index in [1.165, 1.54) is 0 Å². The predicted octanol–water partition coefficient (Wildman–Crippen LogP) is 2.30. The van der Waals surface area contributed by atoms with E-state index in [2.05, 4.69) is 17.6 Å². The first-order chi connectivity index (χ1) is 9.64. The molecule has 0 aliphatic heterocycles. The number of hydrogen-bond acceptors (Lipinski definition) is 4. The van der Waals surface area contributed by atoms with Crippen molar-refractivity contribution in [3.63, 3.8) is 0 Å². The molecule has 0 fully saturated rings. The summed E-state index contributed by atoms with van der Waals surface area (Å²) < 4.78 is 17.4. The van der Waals surface area contributed by atoms with E-state index in [1.807, 2.05) is 20.8 Å². The van der Waals surface area contributed by atoms with Crippen LogP contribution in [0.4, 0.5) is 0 Å². The maximum absolute atomic E-state index is 5.80. The quantitative estimate of drug-likeness (QED) is 0.327. The van der Waals surface area contributed by atoms with Crippen LogP contribution in [-0.4, -0.2) is 46.8 Å². The van der Waals surface area contributed by atoms with Gasteiger partial charge in [-0.1, -0.05) is 6.92 Å². The van der Waals surface area contributed by atoms with Crippen LogP contribution in [0.25, 0.3) is 0 Å². The first-order valence-corrected chi connectivity index (χ1v) is 9.91. The summed E-state index contributed by atoms with van der Waals surface area (Å²) in [6.07, 6.45) is 1.98. The van der Waals surface area contributed by atoms with Crippen LogP contribution in [0.1, 0.15) is 40.5 Å². The Hall–Kier alpha value is -0.213. The van der Waals surface area contributed by atoms with Gasteiger partial charge >= 0.3 is 8.80 Å². The SMILES string of the molecule is CCCNC(=S)NCCC[Si](OCC)(OCC)OCC. The van der Waals surface area contributed by atoms with Gasteiger partial charge in [0.05, 0.1) is 0 Å². The summed E-state index contributed by atoms with van der Waals surface area (Å²) in [7, 11) is -2.50. The van der Waals surface area contributed by atoms with E-state index in [0.717, 1.165) is 32.0 Å². The van der Waals surface area contributed by atoms with E-state index in [0.29, 0.717) is 24.9 Å². The van der Waals surface area contributed by atoms with Crippen molar-refractivity contribution in [1.29, 1.82) is 0 Å². The minimum absolute atomic E-state index is 0.621. The van der Waals surface area contributed by atoms with Crippen molar-refractivity contribution < 1.29 is 13.3 Å². The third-order valence-corrected chi connectivity index (χ3v) is 6.01. The van der Waals surface area contributed by atoms with Gasteiger partial charge < -0.3 is 23.9 Å². The molecule has 0 bridgehead atoms. The monoisotopic (exact) mass is 322 g/mol. The molecule has 0 radical (unpaired) electrons. The molecule has 0 amide bonds. The van der Waals surface area contributed by atoms with E-state index < -0.39 is 8.80 Å². The zero-order valence-corrected chi connectivity index (χ0v) is 15.1. The van der Waals surface area contributed by atoms with Gasteiger partial charge in [-0.3, -0.25) is 0 Å². The fourth-order valence-electron chi connectivity index (χ4n) is 1.81. The molecule has 0 saturated heterocycles. The summed E-state index contributed by atoms with van der Waals surface area (Å²) in [6.45, 7) is 11.6. The molecule has 0 saturated carbocycles. The van der Waals surface area contributed by atoms with E-state index in [9.17, 15) is 0 Å². The summed E-state index contributed by atoms with van der Waals surface area (Å²) in [4.78, 5) is 0. The second-order valence-corrected chi connectivity index (χ2v) is 7.41. The molecule has 2 N–H and O–H groups in total. The Kier molecular flexibility index (Phi) is 12.4. The summed E-state index contributed by atoms with van der Waals surface area (Å²) >= 11 is 5.18. The lowest BCUT2D eigenvalue weighted by Crippen LogP contribution is -2.46. The highest BCUT2D eigenvalue weighted by Gasteiger charge is 2.39. The lowest BCUT2D eigenvalue weighted by atomic mass is 10.5. The minimum atomic E-state index is -2.50. The molecule has 0 unspecified atom stereocenters. The summed E-state index contributed by atoms with van der Waals surface area (Å²) in [5.41, 5.74) is 0. The number of thiocarbonyl (C=S) groups is 1. The molecule has 0 heterocycles. The van der Waals surface area contributed by atoms with E-state index in [4.69, 9.17) is 25.5 Å².